The van der Waals surface area contributed by atoms with Crippen LogP contribution in [0.2, 0.25) is 0 Å². The number of Topliss-reactive ketones (excluding diaryl/α,β-unsaturated/α-hetero) is 4. The van der Waals surface area contributed by atoms with E-state index >= 15 is 0 Å². The van der Waals surface area contributed by atoms with Gasteiger partial charge in [0.15, 0.2) is 17.3 Å². The number of ketones is 4. The largest absolute Gasteiger partial charge is 0.346 e. The van der Waals surface area contributed by atoms with Gasteiger partial charge >= 0.3 is 0 Å². The Kier molecular flexibility index (Phi) is 10.1. The maximum absolute atomic E-state index is 13.2. The van der Waals surface area contributed by atoms with E-state index in [2.05, 4.69) is 5.32 Å². The highest BCUT2D eigenvalue weighted by Gasteiger charge is 2.36. The van der Waals surface area contributed by atoms with E-state index < -0.39 is 29.1 Å². The minimum atomic E-state index is -0.824. The number of nitrogens with one attached hydrogen (secondary N) is 1. The fourth-order valence-corrected chi connectivity index (χ4v) is 4.41. The van der Waals surface area contributed by atoms with Gasteiger partial charge in [-0.25, -0.2) is 0 Å². The summed E-state index contributed by atoms with van der Waals surface area (Å²) in [5.74, 6) is -2.82. The van der Waals surface area contributed by atoms with Gasteiger partial charge in [0.05, 0.1) is 12.0 Å². The predicted octanol–water partition coefficient (Wildman–Crippen LogP) is 4.99. The first-order valence-corrected chi connectivity index (χ1v) is 12.8. The lowest BCUT2D eigenvalue weighted by Gasteiger charge is -2.30. The Morgan fingerprint density at radius 1 is 0.943 bits per heavy atom. The second kappa shape index (κ2) is 12.4. The number of carbonyl (C=O) groups excluding carboxylic acids is 5. The Labute approximate surface area is 209 Å². The van der Waals surface area contributed by atoms with E-state index in [9.17, 15) is 24.0 Å². The van der Waals surface area contributed by atoms with Gasteiger partial charge in [0, 0.05) is 30.7 Å². The highest BCUT2D eigenvalue weighted by molar-refractivity contribution is 6.38. The van der Waals surface area contributed by atoms with Gasteiger partial charge in [0.2, 0.25) is 11.7 Å². The number of rotatable bonds is 13. The molecule has 0 spiro atoms. The quantitative estimate of drug-likeness (QED) is 0.315. The van der Waals surface area contributed by atoms with Gasteiger partial charge in [-0.3, -0.25) is 24.0 Å². The van der Waals surface area contributed by atoms with E-state index in [4.69, 9.17) is 0 Å². The number of amides is 1. The van der Waals surface area contributed by atoms with Crippen LogP contribution in [0.5, 0.6) is 0 Å². The van der Waals surface area contributed by atoms with Crippen LogP contribution in [0.4, 0.5) is 0 Å². The fraction of sp³-hybridized carbons (Fsp3) is 0.621. The molecule has 0 bridgehead atoms. The number of hydrogen-bond donors (Lipinski definition) is 1. The monoisotopic (exact) mass is 483 g/mol. The van der Waals surface area contributed by atoms with E-state index in [0.29, 0.717) is 11.5 Å². The van der Waals surface area contributed by atoms with Crippen LogP contribution in [0.1, 0.15) is 90.4 Å². The summed E-state index contributed by atoms with van der Waals surface area (Å²) in [5, 5.41) is 2.77. The molecular formula is C29H41NO5. The maximum atomic E-state index is 13.2. The maximum Gasteiger partial charge on any atom is 0.224 e. The van der Waals surface area contributed by atoms with E-state index in [-0.39, 0.29) is 48.4 Å². The lowest BCUT2D eigenvalue weighted by molar-refractivity contribution is -0.142. The van der Waals surface area contributed by atoms with Crippen molar-refractivity contribution >= 4 is 29.0 Å². The molecular weight excluding hydrogens is 442 g/mol. The molecule has 1 aliphatic rings. The molecule has 1 amide bonds. The van der Waals surface area contributed by atoms with Crippen molar-refractivity contribution in [3.8, 4) is 0 Å². The Hall–Kier alpha value is -2.63. The molecule has 1 aromatic rings. The van der Waals surface area contributed by atoms with Gasteiger partial charge in [-0.1, -0.05) is 71.4 Å². The molecule has 3 atom stereocenters. The normalized spacial score (nSPS) is 16.7. The topological polar surface area (TPSA) is 97.4 Å². The highest BCUT2D eigenvalue weighted by Crippen LogP contribution is 2.32. The van der Waals surface area contributed by atoms with E-state index in [1.807, 2.05) is 40.7 Å². The third-order valence-corrected chi connectivity index (χ3v) is 7.23. The fourth-order valence-electron chi connectivity index (χ4n) is 4.41. The Morgan fingerprint density at radius 2 is 1.54 bits per heavy atom. The zero-order valence-corrected chi connectivity index (χ0v) is 22.1. The summed E-state index contributed by atoms with van der Waals surface area (Å²) in [7, 11) is 0. The summed E-state index contributed by atoms with van der Waals surface area (Å²) < 4.78 is 0. The number of hydrogen-bond acceptors (Lipinski definition) is 5. The molecule has 1 aliphatic carbocycles. The number of benzene rings is 1. The van der Waals surface area contributed by atoms with Crippen molar-refractivity contribution in [2.75, 3.05) is 0 Å². The van der Waals surface area contributed by atoms with Gasteiger partial charge in [-0.05, 0) is 37.0 Å². The molecule has 6 heteroatoms. The minimum absolute atomic E-state index is 0.0308. The Bertz CT molecular complexity index is 924. The van der Waals surface area contributed by atoms with Crippen molar-refractivity contribution in [3.05, 3.63) is 35.9 Å². The average Bonchev–Trinajstić information content (AvgIpc) is 2.76. The summed E-state index contributed by atoms with van der Waals surface area (Å²) >= 11 is 0. The molecule has 1 fully saturated rings. The summed E-state index contributed by atoms with van der Waals surface area (Å²) in [4.78, 5) is 64.2. The second-order valence-electron chi connectivity index (χ2n) is 11.5. The molecule has 0 aliphatic heterocycles. The van der Waals surface area contributed by atoms with Gasteiger partial charge in [0.1, 0.15) is 0 Å². The van der Waals surface area contributed by atoms with Crippen molar-refractivity contribution in [2.45, 2.75) is 86.1 Å². The van der Waals surface area contributed by atoms with Crippen LogP contribution in [0.3, 0.4) is 0 Å². The van der Waals surface area contributed by atoms with Crippen LogP contribution in [0.25, 0.3) is 0 Å². The molecule has 0 aromatic heterocycles. The minimum Gasteiger partial charge on any atom is -0.346 e. The first kappa shape index (κ1) is 28.6. The summed E-state index contributed by atoms with van der Waals surface area (Å²) in [6, 6.07) is 8.01. The smallest absolute Gasteiger partial charge is 0.224 e. The Morgan fingerprint density at radius 3 is 2.03 bits per heavy atom. The molecule has 2 rings (SSSR count). The molecule has 0 saturated heterocycles. The average molecular weight is 484 g/mol. The lowest BCUT2D eigenvalue weighted by atomic mass is 9.76. The first-order chi connectivity index (χ1) is 16.3. The first-order valence-electron chi connectivity index (χ1n) is 12.8. The van der Waals surface area contributed by atoms with Crippen LogP contribution in [0.15, 0.2) is 30.3 Å². The zero-order chi connectivity index (χ0) is 26.3. The van der Waals surface area contributed by atoms with Gasteiger partial charge in [-0.2, -0.15) is 0 Å². The zero-order valence-electron chi connectivity index (χ0n) is 22.1. The van der Waals surface area contributed by atoms with E-state index in [1.54, 1.807) is 31.2 Å². The molecule has 0 unspecified atom stereocenters. The summed E-state index contributed by atoms with van der Waals surface area (Å²) in [6.07, 6.45) is 3.28. The molecule has 6 nitrogen and oxygen atoms in total. The van der Waals surface area contributed by atoms with Crippen LogP contribution < -0.4 is 5.32 Å². The van der Waals surface area contributed by atoms with Crippen molar-refractivity contribution in [1.29, 1.82) is 0 Å². The van der Waals surface area contributed by atoms with E-state index in [1.165, 1.54) is 0 Å². The highest BCUT2D eigenvalue weighted by atomic mass is 16.2. The lowest BCUT2D eigenvalue weighted by Crippen LogP contribution is -2.46. The van der Waals surface area contributed by atoms with E-state index in [0.717, 1.165) is 19.3 Å². The molecule has 1 N–H and O–H groups in total. The van der Waals surface area contributed by atoms with Crippen LogP contribution in [-0.2, 0) is 19.2 Å². The summed E-state index contributed by atoms with van der Waals surface area (Å²) in [5.41, 5.74) is 0.0466. The number of carbonyl (C=O) groups is 5. The SMILES string of the molecule is CC(C)[C@H](CC(=O)[C@H](C)NC(=O)[C@@H](CC(=O)c1ccccc1)C(C)(C)C)C(=O)C(=O)CC1CCC1. The molecule has 192 valence electrons. The van der Waals surface area contributed by atoms with Crippen molar-refractivity contribution in [2.24, 2.45) is 29.1 Å². The van der Waals surface area contributed by atoms with Crippen molar-refractivity contribution < 1.29 is 24.0 Å². The van der Waals surface area contributed by atoms with Gasteiger partial charge in [-0.15, -0.1) is 0 Å². The Balaban J connectivity index is 2.02. The second-order valence-corrected chi connectivity index (χ2v) is 11.5. The molecule has 1 saturated carbocycles. The molecule has 35 heavy (non-hydrogen) atoms. The molecule has 0 heterocycles. The standard InChI is InChI=1S/C29H41NO5/c1-18(2)22(27(34)26(33)15-20-11-10-12-20)16-24(31)19(3)30-28(35)23(29(4,5)6)17-25(32)21-13-8-7-9-14-21/h7-9,13-14,18-20,22-23H,10-12,15-17H2,1-6H3,(H,30,35)/t19-,22-,23+/m0/s1. The predicted molar refractivity (Wildman–Crippen MR) is 136 cm³/mol. The van der Waals surface area contributed by atoms with Gasteiger partial charge in [0.25, 0.3) is 0 Å². The van der Waals surface area contributed by atoms with Crippen LogP contribution in [-0.4, -0.2) is 35.1 Å². The van der Waals surface area contributed by atoms with Crippen LogP contribution in [0, 0.1) is 29.1 Å². The van der Waals surface area contributed by atoms with Crippen LogP contribution >= 0.6 is 0 Å². The third kappa shape index (κ3) is 8.22. The third-order valence-electron chi connectivity index (χ3n) is 7.23. The van der Waals surface area contributed by atoms with Crippen molar-refractivity contribution in [1.82, 2.24) is 5.32 Å². The summed E-state index contributed by atoms with van der Waals surface area (Å²) in [6.45, 7) is 10.9. The molecule has 1 aromatic carbocycles. The van der Waals surface area contributed by atoms with Crippen molar-refractivity contribution in [3.63, 3.8) is 0 Å². The van der Waals surface area contributed by atoms with Gasteiger partial charge < -0.3 is 5.32 Å². The molecule has 0 radical (unpaired) electrons.